The van der Waals surface area contributed by atoms with Crippen molar-refractivity contribution in [3.05, 3.63) is 24.4 Å². The number of hydrogen-bond donors (Lipinski definition) is 2. The molecule has 2 unspecified atom stereocenters. The quantitative estimate of drug-likeness (QED) is 0.862. The van der Waals surface area contributed by atoms with Crippen molar-refractivity contribution in [1.82, 2.24) is 14.9 Å². The van der Waals surface area contributed by atoms with Crippen LogP contribution in [0.5, 0.6) is 0 Å². The first-order valence-electron chi connectivity index (χ1n) is 8.16. The molecular weight excluding hydrogens is 292 g/mol. The summed E-state index contributed by atoms with van der Waals surface area (Å²) in [5.41, 5.74) is 8.15. The van der Waals surface area contributed by atoms with Gasteiger partial charge in [0.15, 0.2) is 0 Å². The molecule has 0 aromatic carbocycles. The molecule has 23 heavy (non-hydrogen) atoms. The van der Waals surface area contributed by atoms with Gasteiger partial charge in [0.25, 0.3) is 0 Å². The molecule has 122 valence electrons. The van der Waals surface area contributed by atoms with Crippen molar-refractivity contribution in [3.63, 3.8) is 0 Å². The molecule has 0 aliphatic carbocycles. The molecule has 0 spiro atoms. The molecule has 3 atom stereocenters. The topological polar surface area (TPSA) is 91.9 Å². The van der Waals surface area contributed by atoms with E-state index in [1.807, 2.05) is 13.1 Å². The smallest absolute Gasteiger partial charge is 0.217 e. The van der Waals surface area contributed by atoms with Gasteiger partial charge in [-0.2, -0.15) is 0 Å². The molecular formula is C16H22N6O. The van der Waals surface area contributed by atoms with E-state index in [2.05, 4.69) is 31.1 Å². The molecule has 3 N–H and O–H groups in total. The Morgan fingerprint density at radius 1 is 1.43 bits per heavy atom. The van der Waals surface area contributed by atoms with E-state index < -0.39 is 0 Å². The fourth-order valence-electron chi connectivity index (χ4n) is 3.69. The lowest BCUT2D eigenvalue weighted by Gasteiger charge is -2.44. The summed E-state index contributed by atoms with van der Waals surface area (Å²) in [6.07, 6.45) is 8.90. The molecule has 0 amide bonds. The Hall–Kier alpha value is -2.15. The number of rotatable bonds is 2. The third-order valence-electron chi connectivity index (χ3n) is 4.86. The van der Waals surface area contributed by atoms with Crippen LogP contribution in [0.2, 0.25) is 0 Å². The number of ether oxygens (including phenoxy) is 1. The molecule has 4 heterocycles. The highest BCUT2D eigenvalue weighted by Crippen LogP contribution is 2.36. The van der Waals surface area contributed by atoms with Gasteiger partial charge in [-0.1, -0.05) is 0 Å². The van der Waals surface area contributed by atoms with Crippen LogP contribution in [0, 0.1) is 5.92 Å². The number of hydrogen-bond acceptors (Lipinski definition) is 6. The van der Waals surface area contributed by atoms with Crippen LogP contribution in [0.25, 0.3) is 5.57 Å². The third-order valence-corrected chi connectivity index (χ3v) is 4.86. The van der Waals surface area contributed by atoms with E-state index in [1.165, 1.54) is 5.57 Å². The lowest BCUT2D eigenvalue weighted by molar-refractivity contribution is 0.0153. The van der Waals surface area contributed by atoms with Crippen LogP contribution < -0.4 is 5.73 Å². The van der Waals surface area contributed by atoms with Crippen LogP contribution in [0.4, 0.5) is 0 Å². The number of nitrogens with zero attached hydrogens (tertiary/aromatic N) is 4. The summed E-state index contributed by atoms with van der Waals surface area (Å²) in [5.74, 6) is 1.52. The monoisotopic (exact) mass is 314 g/mol. The van der Waals surface area contributed by atoms with E-state index in [0.717, 1.165) is 44.0 Å². The van der Waals surface area contributed by atoms with Gasteiger partial charge in [0.2, 0.25) is 5.96 Å². The number of aromatic nitrogens is 2. The van der Waals surface area contributed by atoms with Crippen molar-refractivity contribution in [1.29, 1.82) is 0 Å². The molecule has 3 aliphatic rings. The van der Waals surface area contributed by atoms with E-state index in [-0.39, 0.29) is 12.1 Å². The van der Waals surface area contributed by atoms with Crippen LogP contribution in [-0.2, 0) is 4.74 Å². The van der Waals surface area contributed by atoms with Crippen molar-refractivity contribution in [2.75, 3.05) is 13.2 Å². The zero-order chi connectivity index (χ0) is 15.8. The molecule has 0 saturated carbocycles. The Bertz CT molecular complexity index is 656. The summed E-state index contributed by atoms with van der Waals surface area (Å²) in [7, 11) is 0. The van der Waals surface area contributed by atoms with Gasteiger partial charge in [-0.05, 0) is 26.2 Å². The highest BCUT2D eigenvalue weighted by molar-refractivity contribution is 5.99. The summed E-state index contributed by atoms with van der Waals surface area (Å²) >= 11 is 0. The molecule has 7 nitrogen and oxygen atoms in total. The SMILES string of the molecule is CC1=NC(N)=NC2C1CC(c1ncc[nH]1)=CN2[C@H]1CCCOC1. The molecule has 1 fully saturated rings. The number of nitrogens with two attached hydrogens (primary N) is 1. The van der Waals surface area contributed by atoms with E-state index in [0.29, 0.717) is 12.0 Å². The van der Waals surface area contributed by atoms with E-state index in [1.54, 1.807) is 6.20 Å². The molecule has 7 heteroatoms. The minimum absolute atomic E-state index is 0.0120. The standard InChI is InChI=1S/C16H22N6O/c1-10-13-7-11(14-18-4-5-19-14)8-22(12-3-2-6-23-9-12)15(13)21-16(17)20-10/h4-5,8,12-13,15H,2-3,6-7,9H2,1H3,(H2,17,21)(H,18,19)/t12-,13?,15?/m0/s1. The highest BCUT2D eigenvalue weighted by Gasteiger charge is 2.39. The predicted molar refractivity (Wildman–Crippen MR) is 88.9 cm³/mol. The lowest BCUT2D eigenvalue weighted by atomic mass is 9.86. The number of guanidine groups is 1. The average molecular weight is 314 g/mol. The summed E-state index contributed by atoms with van der Waals surface area (Å²) in [6, 6.07) is 0.323. The van der Waals surface area contributed by atoms with Crippen LogP contribution in [0.15, 0.2) is 28.6 Å². The maximum Gasteiger partial charge on any atom is 0.217 e. The number of fused-ring (bicyclic) bond motifs is 1. The summed E-state index contributed by atoms with van der Waals surface area (Å²) < 4.78 is 5.69. The first-order valence-corrected chi connectivity index (χ1v) is 8.16. The first kappa shape index (κ1) is 14.4. The van der Waals surface area contributed by atoms with Gasteiger partial charge in [-0.15, -0.1) is 0 Å². The predicted octanol–water partition coefficient (Wildman–Crippen LogP) is 1.37. The zero-order valence-electron chi connectivity index (χ0n) is 13.3. The van der Waals surface area contributed by atoms with Gasteiger partial charge >= 0.3 is 0 Å². The lowest BCUT2D eigenvalue weighted by Crippen LogP contribution is -2.51. The molecule has 1 aromatic heterocycles. The Morgan fingerprint density at radius 3 is 3.09 bits per heavy atom. The second-order valence-corrected chi connectivity index (χ2v) is 6.38. The zero-order valence-corrected chi connectivity index (χ0v) is 13.3. The van der Waals surface area contributed by atoms with Crippen molar-refractivity contribution >= 4 is 17.2 Å². The maximum atomic E-state index is 5.92. The van der Waals surface area contributed by atoms with Crippen molar-refractivity contribution < 1.29 is 4.74 Å². The molecule has 1 aromatic rings. The summed E-state index contributed by atoms with van der Waals surface area (Å²) in [6.45, 7) is 3.62. The van der Waals surface area contributed by atoms with Crippen LogP contribution in [-0.4, -0.2) is 52.0 Å². The van der Waals surface area contributed by atoms with Crippen molar-refractivity contribution in [2.45, 2.75) is 38.4 Å². The number of aliphatic imine (C=N–C) groups is 2. The fraction of sp³-hybridized carbons (Fsp3) is 0.562. The highest BCUT2D eigenvalue weighted by atomic mass is 16.5. The van der Waals surface area contributed by atoms with Gasteiger partial charge in [0.05, 0.1) is 12.6 Å². The first-order chi connectivity index (χ1) is 11.2. The molecule has 0 radical (unpaired) electrons. The van der Waals surface area contributed by atoms with E-state index >= 15 is 0 Å². The third kappa shape index (κ3) is 2.65. The normalized spacial score (nSPS) is 31.1. The van der Waals surface area contributed by atoms with Gasteiger partial charge in [0, 0.05) is 42.4 Å². The van der Waals surface area contributed by atoms with Crippen LogP contribution in [0.1, 0.15) is 32.0 Å². The largest absolute Gasteiger partial charge is 0.379 e. The van der Waals surface area contributed by atoms with Crippen molar-refractivity contribution in [2.24, 2.45) is 21.6 Å². The number of H-pyrrole nitrogens is 1. The Morgan fingerprint density at radius 2 is 2.35 bits per heavy atom. The molecule has 0 bridgehead atoms. The minimum Gasteiger partial charge on any atom is -0.379 e. The second kappa shape index (κ2) is 5.81. The van der Waals surface area contributed by atoms with Crippen molar-refractivity contribution in [3.8, 4) is 0 Å². The number of imidazole rings is 1. The molecule has 3 aliphatic heterocycles. The molecule has 1 saturated heterocycles. The Kier molecular flexibility index (Phi) is 3.65. The van der Waals surface area contributed by atoms with Crippen LogP contribution >= 0.6 is 0 Å². The second-order valence-electron chi connectivity index (χ2n) is 6.38. The van der Waals surface area contributed by atoms with Crippen LogP contribution in [0.3, 0.4) is 0 Å². The number of aromatic amines is 1. The molecule has 4 rings (SSSR count). The number of allylic oxidation sites excluding steroid dienone is 1. The average Bonchev–Trinajstić information content (AvgIpc) is 3.09. The van der Waals surface area contributed by atoms with E-state index in [4.69, 9.17) is 10.5 Å². The van der Waals surface area contributed by atoms with Gasteiger partial charge in [0.1, 0.15) is 12.0 Å². The summed E-state index contributed by atoms with van der Waals surface area (Å²) in [4.78, 5) is 19.0. The fourth-order valence-corrected chi connectivity index (χ4v) is 3.69. The van der Waals surface area contributed by atoms with E-state index in [9.17, 15) is 0 Å². The van der Waals surface area contributed by atoms with Gasteiger partial charge in [-0.3, -0.25) is 0 Å². The minimum atomic E-state index is 0.0120. The maximum absolute atomic E-state index is 5.92. The summed E-state index contributed by atoms with van der Waals surface area (Å²) in [5, 5.41) is 0. The number of nitrogens with one attached hydrogen (secondary N) is 1. The van der Waals surface area contributed by atoms with Gasteiger partial charge in [-0.25, -0.2) is 15.0 Å². The Balaban J connectivity index is 1.72. The Labute approximate surface area is 135 Å². The van der Waals surface area contributed by atoms with Gasteiger partial charge < -0.3 is 20.4 Å².